The van der Waals surface area contributed by atoms with Gasteiger partial charge in [-0.2, -0.15) is 4.98 Å². The molecular formula is C18H20Cl2FN5O3. The number of hydrogen-bond acceptors (Lipinski definition) is 7. The number of ether oxygens (including phenoxy) is 2. The number of carbonyl (C=O) groups is 1. The molecule has 4 rings (SSSR count). The largest absolute Gasteiger partial charge is 0.444 e. The van der Waals surface area contributed by atoms with Crippen LogP contribution in [0.25, 0.3) is 10.9 Å². The second-order valence-electron chi connectivity index (χ2n) is 8.08. The number of piperazine rings is 1. The molecule has 2 unspecified atom stereocenters. The Morgan fingerprint density at radius 3 is 2.52 bits per heavy atom. The number of nitrogens with zero attached hydrogens (tertiary/aromatic N) is 5. The first kappa shape index (κ1) is 20.3. The van der Waals surface area contributed by atoms with Gasteiger partial charge in [0.15, 0.2) is 11.0 Å². The quantitative estimate of drug-likeness (QED) is 0.493. The molecule has 156 valence electrons. The molecule has 2 bridgehead atoms. The zero-order valence-electron chi connectivity index (χ0n) is 16.2. The fraction of sp³-hybridized carbons (Fsp3) is 0.556. The molecule has 0 aliphatic carbocycles. The summed E-state index contributed by atoms with van der Waals surface area (Å²) in [4.78, 5) is 28.6. The van der Waals surface area contributed by atoms with Crippen molar-refractivity contribution in [2.45, 2.75) is 38.5 Å². The van der Waals surface area contributed by atoms with Gasteiger partial charge < -0.3 is 14.4 Å². The number of amides is 1. The van der Waals surface area contributed by atoms with Gasteiger partial charge in [-0.1, -0.05) is 11.6 Å². The minimum absolute atomic E-state index is 0.0102. The average Bonchev–Trinajstić information content (AvgIpc) is 2.62. The van der Waals surface area contributed by atoms with E-state index in [9.17, 15) is 9.18 Å². The predicted octanol–water partition coefficient (Wildman–Crippen LogP) is 3.30. The van der Waals surface area contributed by atoms with Crippen LogP contribution >= 0.6 is 23.2 Å². The van der Waals surface area contributed by atoms with Crippen LogP contribution in [0.5, 0.6) is 0 Å². The van der Waals surface area contributed by atoms with Crippen molar-refractivity contribution in [3.63, 3.8) is 0 Å². The van der Waals surface area contributed by atoms with Crippen molar-refractivity contribution in [1.29, 1.82) is 0 Å². The SMILES string of the molecule is CC(C)(C)OC(=O)N1C2COCC1CN(c1nc(Cl)nc3c(F)c(Cl)ncc13)C2. The number of hydrogen-bond donors (Lipinski definition) is 0. The maximum Gasteiger partial charge on any atom is 0.411 e. The Hall–Kier alpha value is -1.97. The van der Waals surface area contributed by atoms with Gasteiger partial charge in [0.25, 0.3) is 0 Å². The summed E-state index contributed by atoms with van der Waals surface area (Å²) in [6.45, 7) is 7.05. The number of pyridine rings is 1. The Labute approximate surface area is 176 Å². The summed E-state index contributed by atoms with van der Waals surface area (Å²) < 4.78 is 25.6. The maximum atomic E-state index is 14.4. The van der Waals surface area contributed by atoms with Crippen LogP contribution in [0.15, 0.2) is 6.20 Å². The fourth-order valence-electron chi connectivity index (χ4n) is 3.68. The lowest BCUT2D eigenvalue weighted by atomic mass is 10.0. The molecular weight excluding hydrogens is 424 g/mol. The molecule has 0 spiro atoms. The molecule has 0 N–H and O–H groups in total. The van der Waals surface area contributed by atoms with Crippen LogP contribution in [0.4, 0.5) is 15.0 Å². The van der Waals surface area contributed by atoms with Gasteiger partial charge >= 0.3 is 6.09 Å². The number of anilines is 1. The van der Waals surface area contributed by atoms with Gasteiger partial charge in [-0.05, 0) is 32.4 Å². The standard InChI is InChI=1S/C18H20Cl2FN5O3/c1-18(2,3)29-17(27)26-9-5-25(6-10(26)8-28-7-9)15-11-4-22-14(19)12(21)13(11)23-16(20)24-15/h4,9-10H,5-8H2,1-3H3. The summed E-state index contributed by atoms with van der Waals surface area (Å²) >= 11 is 11.8. The van der Waals surface area contributed by atoms with Crippen LogP contribution in [0.2, 0.25) is 10.4 Å². The lowest BCUT2D eigenvalue weighted by Crippen LogP contribution is -2.66. The van der Waals surface area contributed by atoms with Crippen molar-refractivity contribution in [2.24, 2.45) is 0 Å². The molecule has 2 aliphatic rings. The van der Waals surface area contributed by atoms with Crippen LogP contribution in [-0.2, 0) is 9.47 Å². The second kappa shape index (κ2) is 7.37. The topological polar surface area (TPSA) is 80.7 Å². The number of halogens is 3. The van der Waals surface area contributed by atoms with Crippen LogP contribution in [0.3, 0.4) is 0 Å². The molecule has 29 heavy (non-hydrogen) atoms. The van der Waals surface area contributed by atoms with Crippen molar-refractivity contribution in [3.8, 4) is 0 Å². The van der Waals surface area contributed by atoms with E-state index in [0.717, 1.165) is 0 Å². The molecule has 0 aromatic carbocycles. The highest BCUT2D eigenvalue weighted by molar-refractivity contribution is 6.30. The first-order chi connectivity index (χ1) is 13.6. The van der Waals surface area contributed by atoms with Gasteiger partial charge in [0.2, 0.25) is 5.28 Å². The smallest absolute Gasteiger partial charge is 0.411 e. The van der Waals surface area contributed by atoms with Crippen LogP contribution < -0.4 is 4.90 Å². The number of rotatable bonds is 1. The zero-order valence-corrected chi connectivity index (χ0v) is 17.7. The van der Waals surface area contributed by atoms with E-state index in [-0.39, 0.29) is 34.1 Å². The third-order valence-corrected chi connectivity index (χ3v) is 5.20. The highest BCUT2D eigenvalue weighted by Crippen LogP contribution is 2.33. The molecule has 2 atom stereocenters. The van der Waals surface area contributed by atoms with Gasteiger partial charge in [0.1, 0.15) is 16.9 Å². The van der Waals surface area contributed by atoms with Gasteiger partial charge in [0, 0.05) is 19.3 Å². The molecule has 2 saturated heterocycles. The van der Waals surface area contributed by atoms with E-state index in [4.69, 9.17) is 32.7 Å². The molecule has 2 aromatic rings. The Kier molecular flexibility index (Phi) is 5.16. The van der Waals surface area contributed by atoms with Gasteiger partial charge in [-0.15, -0.1) is 0 Å². The molecule has 0 radical (unpaired) electrons. The molecule has 2 aromatic heterocycles. The molecule has 4 heterocycles. The third-order valence-electron chi connectivity index (χ3n) is 4.77. The monoisotopic (exact) mass is 443 g/mol. The fourth-order valence-corrected chi connectivity index (χ4v) is 3.99. The molecule has 8 nitrogen and oxygen atoms in total. The van der Waals surface area contributed by atoms with E-state index in [1.807, 2.05) is 25.7 Å². The summed E-state index contributed by atoms with van der Waals surface area (Å²) in [6, 6.07) is -0.488. The van der Waals surface area contributed by atoms with Gasteiger partial charge in [-0.25, -0.2) is 19.2 Å². The molecule has 2 fully saturated rings. The maximum absolute atomic E-state index is 14.4. The van der Waals surface area contributed by atoms with E-state index in [1.54, 1.807) is 4.90 Å². The van der Waals surface area contributed by atoms with Gasteiger partial charge in [-0.3, -0.25) is 4.90 Å². The number of morpholine rings is 1. The van der Waals surface area contributed by atoms with E-state index in [0.29, 0.717) is 37.5 Å². The van der Waals surface area contributed by atoms with Crippen molar-refractivity contribution >= 4 is 46.0 Å². The van der Waals surface area contributed by atoms with E-state index in [1.165, 1.54) is 6.20 Å². The van der Waals surface area contributed by atoms with Crippen molar-refractivity contribution in [1.82, 2.24) is 19.9 Å². The first-order valence-electron chi connectivity index (χ1n) is 9.15. The summed E-state index contributed by atoms with van der Waals surface area (Å²) in [6.07, 6.45) is 1.05. The summed E-state index contributed by atoms with van der Waals surface area (Å²) in [5.74, 6) is -0.297. The Morgan fingerprint density at radius 2 is 1.90 bits per heavy atom. The zero-order chi connectivity index (χ0) is 20.9. The van der Waals surface area contributed by atoms with Crippen LogP contribution in [-0.4, -0.2) is 69.9 Å². The normalized spacial score (nSPS) is 22.1. The summed E-state index contributed by atoms with van der Waals surface area (Å²) in [7, 11) is 0. The summed E-state index contributed by atoms with van der Waals surface area (Å²) in [5, 5.41) is 0.0314. The highest BCUT2D eigenvalue weighted by Gasteiger charge is 2.43. The first-order valence-corrected chi connectivity index (χ1v) is 9.91. The van der Waals surface area contributed by atoms with Crippen molar-refractivity contribution in [3.05, 3.63) is 22.5 Å². The van der Waals surface area contributed by atoms with Crippen LogP contribution in [0, 0.1) is 5.82 Å². The number of aromatic nitrogens is 3. The Balaban J connectivity index is 1.68. The van der Waals surface area contributed by atoms with Crippen molar-refractivity contribution in [2.75, 3.05) is 31.2 Å². The number of fused-ring (bicyclic) bond motifs is 3. The minimum atomic E-state index is -0.745. The highest BCUT2D eigenvalue weighted by atomic mass is 35.5. The Morgan fingerprint density at radius 1 is 1.24 bits per heavy atom. The van der Waals surface area contributed by atoms with E-state index < -0.39 is 11.4 Å². The molecule has 11 heteroatoms. The lowest BCUT2D eigenvalue weighted by molar-refractivity contribution is -0.0665. The van der Waals surface area contributed by atoms with Crippen molar-refractivity contribution < 1.29 is 18.7 Å². The Bertz CT molecular complexity index is 957. The number of carbonyl (C=O) groups excluding carboxylic acids is 1. The lowest BCUT2D eigenvalue weighted by Gasteiger charge is -2.49. The van der Waals surface area contributed by atoms with Crippen LogP contribution in [0.1, 0.15) is 20.8 Å². The van der Waals surface area contributed by atoms with Gasteiger partial charge in [0.05, 0.1) is 30.7 Å². The van der Waals surface area contributed by atoms with E-state index in [2.05, 4.69) is 15.0 Å². The molecule has 0 saturated carbocycles. The third kappa shape index (κ3) is 3.91. The summed E-state index contributed by atoms with van der Waals surface area (Å²) in [5.41, 5.74) is -0.585. The predicted molar refractivity (Wildman–Crippen MR) is 106 cm³/mol. The van der Waals surface area contributed by atoms with E-state index >= 15 is 0 Å². The second-order valence-corrected chi connectivity index (χ2v) is 8.78. The minimum Gasteiger partial charge on any atom is -0.444 e. The average molecular weight is 444 g/mol. The molecule has 1 amide bonds. The molecule has 2 aliphatic heterocycles.